The van der Waals surface area contributed by atoms with Crippen LogP contribution in [0.5, 0.6) is 5.75 Å². The predicted octanol–water partition coefficient (Wildman–Crippen LogP) is 2.28. The van der Waals surface area contributed by atoms with Gasteiger partial charge >= 0.3 is 5.97 Å². The van der Waals surface area contributed by atoms with E-state index < -0.39 is 0 Å². The van der Waals surface area contributed by atoms with E-state index in [-0.39, 0.29) is 12.4 Å². The Hall–Kier alpha value is -1.29. The van der Waals surface area contributed by atoms with Crippen molar-refractivity contribution >= 4 is 28.6 Å². The first kappa shape index (κ1) is 13.8. The average Bonchev–Trinajstić information content (AvgIpc) is 2.30. The molecule has 0 heterocycles. The van der Waals surface area contributed by atoms with Gasteiger partial charge in [0.1, 0.15) is 11.8 Å². The zero-order chi connectivity index (χ0) is 12.8. The predicted molar refractivity (Wildman–Crippen MR) is 70.8 cm³/mol. The highest BCUT2D eigenvalue weighted by Gasteiger charge is 2.14. The maximum Gasteiger partial charge on any atom is 0.310 e. The van der Waals surface area contributed by atoms with Crippen molar-refractivity contribution < 1.29 is 14.3 Å². The van der Waals surface area contributed by atoms with Crippen LogP contribution in [-0.4, -0.2) is 19.7 Å². The summed E-state index contributed by atoms with van der Waals surface area (Å²) in [5, 5.41) is 8.89. The highest BCUT2D eigenvalue weighted by Crippen LogP contribution is 2.29. The Bertz CT molecular complexity index is 466. The van der Waals surface area contributed by atoms with Gasteiger partial charge in [-0.1, -0.05) is 6.07 Å². The number of esters is 1. The summed E-state index contributed by atoms with van der Waals surface area (Å²) in [5.41, 5.74) is 1.27. The molecule has 0 aromatic heterocycles. The Morgan fingerprint density at radius 2 is 2.24 bits per heavy atom. The third kappa shape index (κ3) is 3.33. The van der Waals surface area contributed by atoms with Crippen LogP contribution >= 0.6 is 22.6 Å². The zero-order valence-corrected chi connectivity index (χ0v) is 11.8. The fourth-order valence-corrected chi connectivity index (χ4v) is 2.28. The van der Waals surface area contributed by atoms with Crippen LogP contribution < -0.4 is 4.74 Å². The molecule has 0 radical (unpaired) electrons. The molecule has 1 aromatic carbocycles. The van der Waals surface area contributed by atoms with Gasteiger partial charge in [0.25, 0.3) is 0 Å². The minimum Gasteiger partial charge on any atom is -0.495 e. The van der Waals surface area contributed by atoms with Gasteiger partial charge < -0.3 is 9.47 Å². The van der Waals surface area contributed by atoms with Crippen molar-refractivity contribution in [2.24, 2.45) is 0 Å². The maximum absolute atomic E-state index is 11.4. The van der Waals surface area contributed by atoms with Crippen molar-refractivity contribution in [1.29, 1.82) is 5.26 Å². The fraction of sp³-hybridized carbons (Fsp3) is 0.333. The molecule has 0 saturated heterocycles. The smallest absolute Gasteiger partial charge is 0.310 e. The number of nitriles is 1. The van der Waals surface area contributed by atoms with E-state index in [1.165, 1.54) is 7.11 Å². The third-order valence-corrected chi connectivity index (χ3v) is 3.21. The lowest BCUT2D eigenvalue weighted by atomic mass is 10.1. The van der Waals surface area contributed by atoms with E-state index in [1.807, 2.05) is 22.6 Å². The molecule has 0 spiro atoms. The van der Waals surface area contributed by atoms with Crippen molar-refractivity contribution in [3.63, 3.8) is 0 Å². The van der Waals surface area contributed by atoms with Gasteiger partial charge in [-0.25, -0.2) is 0 Å². The molecular formula is C12H12INO3. The molecule has 0 N–H and O–H groups in total. The molecule has 4 nitrogen and oxygen atoms in total. The van der Waals surface area contributed by atoms with Crippen LogP contribution in [0.25, 0.3) is 0 Å². The molecule has 0 aliphatic heterocycles. The topological polar surface area (TPSA) is 59.3 Å². The minimum atomic E-state index is -0.300. The number of ether oxygens (including phenoxy) is 2. The van der Waals surface area contributed by atoms with Crippen molar-refractivity contribution in [3.05, 3.63) is 26.8 Å². The van der Waals surface area contributed by atoms with Crippen LogP contribution in [0.3, 0.4) is 0 Å². The Morgan fingerprint density at radius 1 is 1.53 bits per heavy atom. The van der Waals surface area contributed by atoms with Crippen LogP contribution in [0.1, 0.15) is 18.1 Å². The first-order chi connectivity index (χ1) is 8.13. The molecule has 0 fully saturated rings. The van der Waals surface area contributed by atoms with Crippen LogP contribution in [0.2, 0.25) is 0 Å². The summed E-state index contributed by atoms with van der Waals surface area (Å²) >= 11 is 2.04. The molecule has 0 aliphatic carbocycles. The average molecular weight is 345 g/mol. The van der Waals surface area contributed by atoms with E-state index in [0.717, 1.165) is 9.13 Å². The van der Waals surface area contributed by atoms with Crippen LogP contribution in [0.15, 0.2) is 12.1 Å². The standard InChI is InChI=1S/C12H12INO3/c1-3-17-10(15)6-8-4-5-9(7-14)11(13)12(8)16-2/h4-5H,3,6H2,1-2H3. The number of benzene rings is 1. The molecule has 17 heavy (non-hydrogen) atoms. The highest BCUT2D eigenvalue weighted by atomic mass is 127. The van der Waals surface area contributed by atoms with Gasteiger partial charge in [0.05, 0.1) is 29.3 Å². The van der Waals surface area contributed by atoms with Gasteiger partial charge in [-0.3, -0.25) is 4.79 Å². The summed E-state index contributed by atoms with van der Waals surface area (Å²) < 4.78 is 10.8. The van der Waals surface area contributed by atoms with Gasteiger partial charge in [0.15, 0.2) is 0 Å². The lowest BCUT2D eigenvalue weighted by Gasteiger charge is -2.10. The molecule has 0 unspecified atom stereocenters. The van der Waals surface area contributed by atoms with E-state index in [2.05, 4.69) is 6.07 Å². The summed E-state index contributed by atoms with van der Waals surface area (Å²) in [4.78, 5) is 11.4. The molecular weight excluding hydrogens is 333 g/mol. The van der Waals surface area contributed by atoms with E-state index in [1.54, 1.807) is 19.1 Å². The summed E-state index contributed by atoms with van der Waals surface area (Å²) in [7, 11) is 1.52. The van der Waals surface area contributed by atoms with E-state index in [4.69, 9.17) is 14.7 Å². The van der Waals surface area contributed by atoms with Crippen LogP contribution in [-0.2, 0) is 16.0 Å². The SMILES string of the molecule is CCOC(=O)Cc1ccc(C#N)c(I)c1OC. The second kappa shape index (κ2) is 6.45. The maximum atomic E-state index is 11.4. The Morgan fingerprint density at radius 3 is 2.76 bits per heavy atom. The van der Waals surface area contributed by atoms with Gasteiger partial charge in [-0.05, 0) is 35.6 Å². The molecule has 0 aliphatic rings. The van der Waals surface area contributed by atoms with Gasteiger partial charge in [-0.15, -0.1) is 0 Å². The summed E-state index contributed by atoms with van der Waals surface area (Å²) in [6, 6.07) is 5.47. The number of hydrogen-bond acceptors (Lipinski definition) is 4. The van der Waals surface area contributed by atoms with Gasteiger partial charge in [0.2, 0.25) is 0 Å². The second-order valence-corrected chi connectivity index (χ2v) is 4.29. The number of halogens is 1. The number of carbonyl (C=O) groups is 1. The van der Waals surface area contributed by atoms with Crippen LogP contribution in [0.4, 0.5) is 0 Å². The lowest BCUT2D eigenvalue weighted by molar-refractivity contribution is -0.142. The fourth-order valence-electron chi connectivity index (χ4n) is 1.41. The molecule has 1 rings (SSSR count). The number of hydrogen-bond donors (Lipinski definition) is 0. The molecule has 0 amide bonds. The van der Waals surface area contributed by atoms with E-state index in [9.17, 15) is 4.79 Å². The molecule has 0 atom stereocenters. The Kier molecular flexibility index (Phi) is 5.22. The van der Waals surface area contributed by atoms with Crippen molar-refractivity contribution in [3.8, 4) is 11.8 Å². The monoisotopic (exact) mass is 345 g/mol. The second-order valence-electron chi connectivity index (χ2n) is 3.21. The largest absolute Gasteiger partial charge is 0.495 e. The molecule has 0 bridgehead atoms. The number of carbonyl (C=O) groups excluding carboxylic acids is 1. The van der Waals surface area contributed by atoms with Gasteiger partial charge in [-0.2, -0.15) is 5.26 Å². The third-order valence-electron chi connectivity index (χ3n) is 2.14. The lowest BCUT2D eigenvalue weighted by Crippen LogP contribution is -2.09. The van der Waals surface area contributed by atoms with E-state index in [0.29, 0.717) is 17.9 Å². The number of rotatable bonds is 4. The highest BCUT2D eigenvalue weighted by molar-refractivity contribution is 14.1. The van der Waals surface area contributed by atoms with Gasteiger partial charge in [0, 0.05) is 5.56 Å². The number of nitrogens with zero attached hydrogens (tertiary/aromatic N) is 1. The quantitative estimate of drug-likeness (QED) is 0.621. The number of methoxy groups -OCH3 is 1. The van der Waals surface area contributed by atoms with Crippen molar-refractivity contribution in [1.82, 2.24) is 0 Å². The zero-order valence-electron chi connectivity index (χ0n) is 9.62. The van der Waals surface area contributed by atoms with E-state index >= 15 is 0 Å². The summed E-state index contributed by atoms with van der Waals surface area (Å²) in [6.07, 6.45) is 0.152. The van der Waals surface area contributed by atoms with Crippen LogP contribution in [0, 0.1) is 14.9 Å². The Labute approximate surface area is 114 Å². The minimum absolute atomic E-state index is 0.152. The molecule has 5 heteroatoms. The normalized spacial score (nSPS) is 9.53. The first-order valence-electron chi connectivity index (χ1n) is 5.05. The molecule has 0 saturated carbocycles. The Balaban J connectivity index is 3.05. The van der Waals surface area contributed by atoms with Crippen molar-refractivity contribution in [2.45, 2.75) is 13.3 Å². The molecule has 90 valence electrons. The molecule has 1 aromatic rings. The summed E-state index contributed by atoms with van der Waals surface area (Å²) in [5.74, 6) is 0.268. The summed E-state index contributed by atoms with van der Waals surface area (Å²) in [6.45, 7) is 2.12. The first-order valence-corrected chi connectivity index (χ1v) is 6.13. The van der Waals surface area contributed by atoms with Crippen molar-refractivity contribution in [2.75, 3.05) is 13.7 Å².